The van der Waals surface area contributed by atoms with Crippen molar-refractivity contribution >= 4 is 88.6 Å². The molecule has 0 aliphatic carbocycles. The quantitative estimate of drug-likeness (QED) is 0.0559. The minimum atomic E-state index is -0.0687. The van der Waals surface area contributed by atoms with Crippen molar-refractivity contribution in [3.05, 3.63) is 241 Å². The number of hydrogen-bond acceptors (Lipinski definition) is 10. The first-order valence-corrected chi connectivity index (χ1v) is 29.4. The zero-order valence-electron chi connectivity index (χ0n) is 47.4. The molecule has 12 nitrogen and oxygen atoms in total. The van der Waals surface area contributed by atoms with Gasteiger partial charge in [0.1, 0.15) is 6.07 Å². The average Bonchev–Trinajstić information content (AvgIpc) is 4.15. The van der Waals surface area contributed by atoms with Crippen LogP contribution in [0.2, 0.25) is 0 Å². The second-order valence-electron chi connectivity index (χ2n) is 20.1. The fraction of sp³-hybridized carbons (Fsp3) is 0.211. The maximum absolute atomic E-state index is 13.3. The van der Waals surface area contributed by atoms with Crippen molar-refractivity contribution in [2.45, 2.75) is 52.0 Å². The highest BCUT2D eigenvalue weighted by Crippen LogP contribution is 2.28. The number of para-hydroxylation sites is 3. The van der Waals surface area contributed by atoms with Gasteiger partial charge in [-0.15, -0.1) is 0 Å². The Balaban J connectivity index is 0.000000148. The number of fused-ring (bicyclic) bond motifs is 5. The van der Waals surface area contributed by atoms with Gasteiger partial charge < -0.3 is 19.1 Å². The van der Waals surface area contributed by atoms with Crippen LogP contribution < -0.4 is 19.3 Å². The number of nitrogens with zero attached hydrogens (tertiary/aromatic N) is 9. The minimum absolute atomic E-state index is 0.0687. The molecule has 0 N–H and O–H groups in total. The lowest BCUT2D eigenvalue weighted by atomic mass is 10.1. The molecule has 10 aromatic rings. The Bertz CT molecular complexity index is 3900. The third kappa shape index (κ3) is 15.6. The van der Waals surface area contributed by atoms with E-state index in [0.29, 0.717) is 28.7 Å². The van der Waals surface area contributed by atoms with Gasteiger partial charge >= 0.3 is 0 Å². The van der Waals surface area contributed by atoms with Gasteiger partial charge in [-0.25, -0.2) is 0 Å². The van der Waals surface area contributed by atoms with E-state index in [4.69, 9.17) is 10.5 Å². The molecule has 3 aliphatic heterocycles. The third-order valence-corrected chi connectivity index (χ3v) is 15.2. The lowest BCUT2D eigenvalue weighted by Crippen LogP contribution is -2.38. The van der Waals surface area contributed by atoms with Crippen LogP contribution in [0.25, 0.3) is 38.2 Å². The van der Waals surface area contributed by atoms with Crippen molar-refractivity contribution in [3.8, 4) is 18.2 Å². The van der Waals surface area contributed by atoms with Crippen LogP contribution in [0.5, 0.6) is 0 Å². The van der Waals surface area contributed by atoms with Crippen LogP contribution in [0, 0.1) is 34.0 Å². The standard InChI is InChI=1S/C24H19N3O.C21H21N2O.C12H14BrNO.C9H7N.C3H3N.C2H3N/c25-16-19-15-23(27-21-6-2-1-5-17(21)9-12-22(19)27)24(28)18-7-10-20(11-8-18)26-13-3-4-14-26;24-21(16-23-15-5-7-17-6-1-2-8-20(17)23)18-9-11-19(12-10-18)22-13-3-4-14-22;13-9-12(15)10-3-5-11(6-4-10)14-7-1-2-8-14;1-2-6-9-8(4-1)5-3-7-10-9;1-2-3-4;1-2-3/h1-2,5-12,15H,3-4,13-14H2;1-2,5-12,15H,3-4,13-14,16H2;3-6H,1-2,7-9H2;1-7H;2H,1H2;1H3/q;+1;;;;. The molecule has 0 saturated carbocycles. The molecule has 7 heterocycles. The molecule has 0 spiro atoms. The van der Waals surface area contributed by atoms with E-state index in [1.165, 1.54) is 68.3 Å². The number of alkyl halides is 1. The van der Waals surface area contributed by atoms with E-state index in [2.05, 4.69) is 90.7 Å². The first-order valence-electron chi connectivity index (χ1n) is 28.3. The van der Waals surface area contributed by atoms with Crippen LogP contribution in [-0.4, -0.2) is 71.3 Å². The third-order valence-electron chi connectivity index (χ3n) is 14.7. The first-order chi connectivity index (χ1) is 41.2. The molecular weight excluding hydrogens is 1110 g/mol. The minimum Gasteiger partial charge on any atom is -0.372 e. The Hall–Kier alpha value is -9.74. The van der Waals surface area contributed by atoms with Crippen molar-refractivity contribution in [2.75, 3.05) is 59.3 Å². The smallest absolute Gasteiger partial charge is 0.227 e. The number of aromatic nitrogens is 3. The molecule has 13 heteroatoms. The number of hydrogen-bond donors (Lipinski definition) is 0. The normalized spacial score (nSPS) is 13.0. The number of rotatable bonds is 10. The SMILES string of the molecule is C=CC#N.CC#N.N#Cc1cc(C(=O)c2ccc(N3CCCC3)cc2)n2c1ccc1ccccc12.O=C(CBr)c1ccc(N2CCCC2)cc1.O=C(C[n+]1cccc2ccccc21)c1ccc(N2CCCC2)cc1.c1ccc2ncccc2c1. The summed E-state index contributed by atoms with van der Waals surface area (Å²) in [5.74, 6) is 0.216. The van der Waals surface area contributed by atoms with E-state index < -0.39 is 0 Å². The molecule has 84 heavy (non-hydrogen) atoms. The zero-order valence-corrected chi connectivity index (χ0v) is 49.0. The molecule has 420 valence electrons. The lowest BCUT2D eigenvalue weighted by molar-refractivity contribution is -0.657. The molecule has 3 fully saturated rings. The second kappa shape index (κ2) is 30.9. The second-order valence-corrected chi connectivity index (χ2v) is 20.7. The van der Waals surface area contributed by atoms with E-state index in [1.54, 1.807) is 18.2 Å². The Morgan fingerprint density at radius 3 is 1.55 bits per heavy atom. The lowest BCUT2D eigenvalue weighted by Gasteiger charge is -2.17. The predicted octanol–water partition coefficient (Wildman–Crippen LogP) is 14.7. The topological polar surface area (TPSA) is 153 Å². The largest absolute Gasteiger partial charge is 0.372 e. The number of allylic oxidation sites excluding steroid dienone is 1. The summed E-state index contributed by atoms with van der Waals surface area (Å²) >= 11 is 3.18. The number of nitriles is 3. The predicted molar refractivity (Wildman–Crippen MR) is 342 cm³/mol. The molecule has 0 unspecified atom stereocenters. The monoisotopic (exact) mass is 1170 g/mol. The number of benzene rings is 6. The molecule has 0 bridgehead atoms. The molecule has 4 aromatic heterocycles. The number of anilines is 3. The summed E-state index contributed by atoms with van der Waals surface area (Å²) in [7, 11) is 0. The number of pyridine rings is 3. The Kier molecular flexibility index (Phi) is 22.2. The Morgan fingerprint density at radius 2 is 1.02 bits per heavy atom. The van der Waals surface area contributed by atoms with Crippen LogP contribution in [0.3, 0.4) is 0 Å². The highest BCUT2D eigenvalue weighted by Gasteiger charge is 2.21. The van der Waals surface area contributed by atoms with Crippen LogP contribution in [0.4, 0.5) is 17.1 Å². The van der Waals surface area contributed by atoms with E-state index in [0.717, 1.165) is 88.9 Å². The van der Waals surface area contributed by atoms with E-state index in [1.807, 2.05) is 161 Å². The molecule has 0 atom stereocenters. The summed E-state index contributed by atoms with van der Waals surface area (Å²) in [6.07, 6.45) is 12.5. The summed E-state index contributed by atoms with van der Waals surface area (Å²) in [5, 5.41) is 28.2. The van der Waals surface area contributed by atoms with Gasteiger partial charge in [0, 0.05) is 115 Å². The van der Waals surface area contributed by atoms with Crippen LogP contribution in [-0.2, 0) is 6.54 Å². The van der Waals surface area contributed by atoms with Crippen LogP contribution in [0.15, 0.2) is 213 Å². The maximum atomic E-state index is 13.3. The van der Waals surface area contributed by atoms with E-state index in [-0.39, 0.29) is 17.3 Å². The average molecular weight is 1170 g/mol. The summed E-state index contributed by atoms with van der Waals surface area (Å²) in [6.45, 7) is 11.6. The highest BCUT2D eigenvalue weighted by atomic mass is 79.9. The summed E-state index contributed by atoms with van der Waals surface area (Å²) < 4.78 is 3.93. The van der Waals surface area contributed by atoms with Gasteiger partial charge in [0.05, 0.1) is 45.3 Å². The molecule has 13 rings (SSSR count). The van der Waals surface area contributed by atoms with Gasteiger partial charge in [-0.1, -0.05) is 83.2 Å². The van der Waals surface area contributed by atoms with Gasteiger partial charge in [0.2, 0.25) is 23.6 Å². The van der Waals surface area contributed by atoms with Gasteiger partial charge in [-0.2, -0.15) is 20.4 Å². The van der Waals surface area contributed by atoms with Crippen molar-refractivity contribution in [2.24, 2.45) is 0 Å². The molecule has 0 amide bonds. The highest BCUT2D eigenvalue weighted by molar-refractivity contribution is 9.09. The number of ketones is 3. The van der Waals surface area contributed by atoms with E-state index in [9.17, 15) is 19.6 Å². The number of carbonyl (C=O) groups is 3. The zero-order chi connectivity index (χ0) is 59.0. The molecule has 3 aliphatic rings. The number of carbonyl (C=O) groups excluding carboxylic acids is 3. The molecular formula is C71H67BrN9O3+. The van der Waals surface area contributed by atoms with Crippen molar-refractivity contribution in [3.63, 3.8) is 0 Å². The van der Waals surface area contributed by atoms with E-state index >= 15 is 0 Å². The summed E-state index contributed by atoms with van der Waals surface area (Å²) in [6, 6.07) is 67.3. The Morgan fingerprint density at radius 1 is 0.560 bits per heavy atom. The van der Waals surface area contributed by atoms with Gasteiger partial charge in [0.25, 0.3) is 0 Å². The van der Waals surface area contributed by atoms with Crippen LogP contribution in [0.1, 0.15) is 87.8 Å². The van der Waals surface area contributed by atoms with Gasteiger partial charge in [-0.3, -0.25) is 19.4 Å². The van der Waals surface area contributed by atoms with Crippen molar-refractivity contribution in [1.29, 1.82) is 15.8 Å². The summed E-state index contributed by atoms with van der Waals surface area (Å²) in [4.78, 5) is 48.6. The molecule has 0 radical (unpaired) electrons. The fourth-order valence-corrected chi connectivity index (χ4v) is 10.8. The first kappa shape index (κ1) is 60.4. The van der Waals surface area contributed by atoms with Gasteiger partial charge in [0.15, 0.2) is 12.0 Å². The van der Waals surface area contributed by atoms with Crippen molar-refractivity contribution < 1.29 is 19.0 Å². The Labute approximate surface area is 500 Å². The fourth-order valence-electron chi connectivity index (χ4n) is 10.5. The summed E-state index contributed by atoms with van der Waals surface area (Å²) in [5.41, 5.74) is 10.7. The number of Topliss-reactive ketones (excluding diaryl/α,β-unsaturated/α-hetero) is 2. The molecule has 6 aromatic carbocycles. The van der Waals surface area contributed by atoms with Gasteiger partial charge in [-0.05, 0) is 159 Å². The van der Waals surface area contributed by atoms with Crippen molar-refractivity contribution in [1.82, 2.24) is 9.38 Å². The maximum Gasteiger partial charge on any atom is 0.227 e. The van der Waals surface area contributed by atoms with Crippen LogP contribution >= 0.6 is 15.9 Å². The number of halogens is 1. The molecule has 3 saturated heterocycles.